The molecule has 0 nitrogen and oxygen atoms in total. The van der Waals surface area contributed by atoms with E-state index in [9.17, 15) is 0 Å². The number of alkyl halides is 1. The van der Waals surface area contributed by atoms with Gasteiger partial charge in [0, 0.05) is 10.4 Å². The highest BCUT2D eigenvalue weighted by atomic mass is 35.5. The largest absolute Gasteiger partial charge is 0.123 e. The van der Waals surface area contributed by atoms with Crippen molar-refractivity contribution in [1.29, 1.82) is 0 Å². The van der Waals surface area contributed by atoms with E-state index < -0.39 is 0 Å². The van der Waals surface area contributed by atoms with E-state index in [1.807, 2.05) is 26.0 Å². The van der Waals surface area contributed by atoms with Crippen molar-refractivity contribution in [2.45, 2.75) is 25.6 Å². The van der Waals surface area contributed by atoms with E-state index in [0.29, 0.717) is 0 Å². The molecule has 2 heteroatoms. The second kappa shape index (κ2) is 4.15. The van der Waals surface area contributed by atoms with Crippen LogP contribution in [-0.2, 0) is 6.42 Å². The minimum absolute atomic E-state index is 0.186. The van der Waals surface area contributed by atoms with E-state index >= 15 is 0 Å². The zero-order valence-corrected chi connectivity index (χ0v) is 8.78. The van der Waals surface area contributed by atoms with Gasteiger partial charge in [0.25, 0.3) is 0 Å². The molecule has 1 rings (SSSR count). The van der Waals surface area contributed by atoms with Crippen LogP contribution in [0.3, 0.4) is 0 Å². The highest BCUT2D eigenvalue weighted by Gasteiger charge is 2.01. The fraction of sp³-hybridized carbons (Fsp3) is 0.400. The number of aryl methyl sites for hydroxylation is 1. The molecule has 0 aliphatic carbocycles. The number of rotatable bonds is 2. The van der Waals surface area contributed by atoms with Crippen molar-refractivity contribution in [2.24, 2.45) is 0 Å². The maximum absolute atomic E-state index is 5.88. The third kappa shape index (κ3) is 2.69. The molecule has 1 aromatic carbocycles. The van der Waals surface area contributed by atoms with Crippen LogP contribution in [0.2, 0.25) is 5.02 Å². The Hall–Kier alpha value is -0.200. The molecular formula is C10H12Cl2. The normalized spacial score (nSPS) is 13.0. The van der Waals surface area contributed by atoms with Gasteiger partial charge in [-0.1, -0.05) is 23.7 Å². The maximum Gasteiger partial charge on any atom is 0.0435 e. The Morgan fingerprint density at radius 1 is 1.42 bits per heavy atom. The van der Waals surface area contributed by atoms with Crippen LogP contribution in [0, 0.1) is 6.92 Å². The maximum atomic E-state index is 5.88. The lowest BCUT2D eigenvalue weighted by atomic mass is 10.1. The van der Waals surface area contributed by atoms with E-state index in [2.05, 4.69) is 6.07 Å². The van der Waals surface area contributed by atoms with Gasteiger partial charge in [-0.25, -0.2) is 0 Å². The molecule has 0 aromatic heterocycles. The molecule has 0 aliphatic rings. The van der Waals surface area contributed by atoms with E-state index in [4.69, 9.17) is 23.2 Å². The summed E-state index contributed by atoms with van der Waals surface area (Å²) in [4.78, 5) is 0. The van der Waals surface area contributed by atoms with Crippen LogP contribution in [0.4, 0.5) is 0 Å². The molecular weight excluding hydrogens is 191 g/mol. The van der Waals surface area contributed by atoms with Gasteiger partial charge in [-0.15, -0.1) is 11.6 Å². The van der Waals surface area contributed by atoms with E-state index in [-0.39, 0.29) is 5.38 Å². The summed E-state index contributed by atoms with van der Waals surface area (Å²) in [6.07, 6.45) is 0.902. The Morgan fingerprint density at radius 2 is 2.08 bits per heavy atom. The molecule has 0 fully saturated rings. The summed E-state index contributed by atoms with van der Waals surface area (Å²) < 4.78 is 0. The highest BCUT2D eigenvalue weighted by Crippen LogP contribution is 2.17. The van der Waals surface area contributed by atoms with Gasteiger partial charge in [0.05, 0.1) is 0 Å². The van der Waals surface area contributed by atoms with Crippen molar-refractivity contribution in [3.63, 3.8) is 0 Å². The Morgan fingerprint density at radius 3 is 2.58 bits per heavy atom. The van der Waals surface area contributed by atoms with Gasteiger partial charge in [0.15, 0.2) is 0 Å². The molecule has 0 spiro atoms. The molecule has 12 heavy (non-hydrogen) atoms. The van der Waals surface area contributed by atoms with Crippen molar-refractivity contribution < 1.29 is 0 Å². The minimum atomic E-state index is 0.186. The highest BCUT2D eigenvalue weighted by molar-refractivity contribution is 6.31. The summed E-state index contributed by atoms with van der Waals surface area (Å²) in [6, 6.07) is 6.03. The van der Waals surface area contributed by atoms with Gasteiger partial charge in [-0.05, 0) is 37.5 Å². The number of halogens is 2. The van der Waals surface area contributed by atoms with E-state index in [0.717, 1.165) is 17.0 Å². The van der Waals surface area contributed by atoms with E-state index in [1.165, 1.54) is 5.56 Å². The van der Waals surface area contributed by atoms with Crippen molar-refractivity contribution in [3.05, 3.63) is 34.3 Å². The van der Waals surface area contributed by atoms with Gasteiger partial charge >= 0.3 is 0 Å². The molecule has 66 valence electrons. The summed E-state index contributed by atoms with van der Waals surface area (Å²) in [6.45, 7) is 4.00. The van der Waals surface area contributed by atoms with Crippen LogP contribution in [-0.4, -0.2) is 5.38 Å². The first-order valence-corrected chi connectivity index (χ1v) is 4.80. The van der Waals surface area contributed by atoms with Crippen LogP contribution in [0.15, 0.2) is 18.2 Å². The third-order valence-electron chi connectivity index (χ3n) is 1.74. The fourth-order valence-electron chi connectivity index (χ4n) is 1.16. The smallest absolute Gasteiger partial charge is 0.0435 e. The predicted octanol–water partition coefficient (Wildman–Crippen LogP) is 3.82. The summed E-state index contributed by atoms with van der Waals surface area (Å²) in [5, 5.41) is 1.01. The lowest BCUT2D eigenvalue weighted by Crippen LogP contribution is -1.97. The molecule has 0 saturated heterocycles. The topological polar surface area (TPSA) is 0 Å². The van der Waals surface area contributed by atoms with E-state index in [1.54, 1.807) is 0 Å². The van der Waals surface area contributed by atoms with Crippen molar-refractivity contribution >= 4 is 23.2 Å². The Labute approximate surface area is 83.5 Å². The van der Waals surface area contributed by atoms with Gasteiger partial charge in [-0.2, -0.15) is 0 Å². The number of hydrogen-bond donors (Lipinski definition) is 0. The average molecular weight is 203 g/mol. The molecule has 0 amide bonds. The van der Waals surface area contributed by atoms with Crippen LogP contribution < -0.4 is 0 Å². The molecule has 0 bridgehead atoms. The van der Waals surface area contributed by atoms with Gasteiger partial charge in [0.2, 0.25) is 0 Å². The Bertz CT molecular complexity index is 267. The molecule has 1 aromatic rings. The Kier molecular flexibility index (Phi) is 3.42. The minimum Gasteiger partial charge on any atom is -0.123 e. The molecule has 0 radical (unpaired) electrons. The quantitative estimate of drug-likeness (QED) is 0.641. The molecule has 0 saturated carbocycles. The molecule has 1 unspecified atom stereocenters. The molecule has 0 N–H and O–H groups in total. The SMILES string of the molecule is Cc1cc(CC(C)Cl)ccc1Cl. The number of benzene rings is 1. The van der Waals surface area contributed by atoms with Gasteiger partial charge in [-0.3, -0.25) is 0 Å². The zero-order valence-electron chi connectivity index (χ0n) is 7.27. The Balaban J connectivity index is 2.82. The molecule has 0 aliphatic heterocycles. The predicted molar refractivity (Wildman–Crippen MR) is 55.2 cm³/mol. The van der Waals surface area contributed by atoms with Crippen molar-refractivity contribution in [2.75, 3.05) is 0 Å². The first-order chi connectivity index (χ1) is 5.59. The van der Waals surface area contributed by atoms with Crippen LogP contribution >= 0.6 is 23.2 Å². The fourth-order valence-corrected chi connectivity index (χ4v) is 1.45. The van der Waals surface area contributed by atoms with Crippen LogP contribution in [0.25, 0.3) is 0 Å². The lowest BCUT2D eigenvalue weighted by molar-refractivity contribution is 0.930. The summed E-state index contributed by atoms with van der Waals surface area (Å²) in [5.74, 6) is 0. The van der Waals surface area contributed by atoms with Gasteiger partial charge < -0.3 is 0 Å². The standard InChI is InChI=1S/C10H12Cl2/c1-7-5-9(6-8(2)11)3-4-10(7)12/h3-5,8H,6H2,1-2H3. The monoisotopic (exact) mass is 202 g/mol. The second-order valence-corrected chi connectivity index (χ2v) is 4.22. The molecule has 1 atom stereocenters. The summed E-state index contributed by atoms with van der Waals surface area (Å²) in [7, 11) is 0. The first kappa shape index (κ1) is 9.88. The average Bonchev–Trinajstić information content (AvgIpc) is 1.96. The first-order valence-electron chi connectivity index (χ1n) is 3.98. The summed E-state index contributed by atoms with van der Waals surface area (Å²) >= 11 is 11.8. The van der Waals surface area contributed by atoms with Crippen molar-refractivity contribution in [3.8, 4) is 0 Å². The lowest BCUT2D eigenvalue weighted by Gasteiger charge is -2.05. The van der Waals surface area contributed by atoms with Crippen molar-refractivity contribution in [1.82, 2.24) is 0 Å². The van der Waals surface area contributed by atoms with Crippen LogP contribution in [0.5, 0.6) is 0 Å². The van der Waals surface area contributed by atoms with Crippen LogP contribution in [0.1, 0.15) is 18.1 Å². The molecule has 0 heterocycles. The second-order valence-electron chi connectivity index (χ2n) is 3.07. The zero-order chi connectivity index (χ0) is 9.14. The summed E-state index contributed by atoms with van der Waals surface area (Å²) in [5.41, 5.74) is 2.37. The third-order valence-corrected chi connectivity index (χ3v) is 2.32. The van der Waals surface area contributed by atoms with Gasteiger partial charge in [0.1, 0.15) is 0 Å². The number of hydrogen-bond acceptors (Lipinski definition) is 0.